The molecule has 11 rings (SSSR count). The maximum Gasteiger partial charge on any atom is 0.165 e. The first-order valence-corrected chi connectivity index (χ1v) is 25.1. The Morgan fingerprint density at radius 2 is 0.797 bits per heavy atom. The molecule has 0 saturated heterocycles. The van der Waals surface area contributed by atoms with E-state index >= 15 is 0 Å². The molecule has 4 nitrogen and oxygen atoms in total. The normalized spacial score (nSPS) is 14.0. The van der Waals surface area contributed by atoms with Gasteiger partial charge in [0.2, 0.25) is 0 Å². The van der Waals surface area contributed by atoms with Gasteiger partial charge >= 0.3 is 0 Å². The van der Waals surface area contributed by atoms with E-state index in [9.17, 15) is 4.57 Å². The Morgan fingerprint density at radius 3 is 1.33 bits per heavy atom. The molecule has 10 aromatic rings. The summed E-state index contributed by atoms with van der Waals surface area (Å²) in [6.07, 6.45) is 5.82. The van der Waals surface area contributed by atoms with Crippen LogP contribution in [0.3, 0.4) is 0 Å². The summed E-state index contributed by atoms with van der Waals surface area (Å²) in [7, 11) is -2.44. The van der Waals surface area contributed by atoms with Crippen LogP contribution in [0.2, 0.25) is 0 Å². The third-order valence-electron chi connectivity index (χ3n) is 13.5. The average Bonchev–Trinajstić information content (AvgIpc) is 3.35. The molecule has 0 unspecified atom stereocenters. The number of nitrogens with zero attached hydrogens (tertiary/aromatic N) is 3. The predicted molar refractivity (Wildman–Crippen MR) is 269 cm³/mol. The van der Waals surface area contributed by atoms with Crippen molar-refractivity contribution in [3.8, 4) is 56.4 Å². The van der Waals surface area contributed by atoms with Crippen molar-refractivity contribution in [3.05, 3.63) is 205 Å². The third kappa shape index (κ3) is 7.03. The van der Waals surface area contributed by atoms with Crippen LogP contribution in [0.15, 0.2) is 194 Å². The van der Waals surface area contributed by atoms with Crippen LogP contribution in [0.5, 0.6) is 0 Å². The molecule has 1 aliphatic carbocycles. The number of hydrogen-bond donors (Lipinski definition) is 0. The zero-order valence-electron chi connectivity index (χ0n) is 36.2. The maximum atomic E-state index is 13.2. The van der Waals surface area contributed by atoms with Crippen molar-refractivity contribution in [1.82, 2.24) is 15.0 Å². The first-order valence-electron chi connectivity index (χ1n) is 22.5. The number of benzene rings is 9. The van der Waals surface area contributed by atoms with Crippen molar-refractivity contribution in [3.63, 3.8) is 0 Å². The van der Waals surface area contributed by atoms with E-state index in [0.29, 0.717) is 17.5 Å². The van der Waals surface area contributed by atoms with E-state index in [4.69, 9.17) is 15.0 Å². The predicted octanol–water partition coefficient (Wildman–Crippen LogP) is 15.2. The molecular weight excluding hydrogens is 798 g/mol. The zero-order valence-corrected chi connectivity index (χ0v) is 37.1. The Labute approximate surface area is 375 Å². The van der Waals surface area contributed by atoms with Gasteiger partial charge in [0.1, 0.15) is 7.14 Å². The standard InChI is InChI=1S/C59H48N3OP/c1-64(2,63)53-37-36-46(47-22-10-11-23-48(47)53)40-28-32-44(33-29-40)59(38-16-5-17-39-59)45-34-30-43(31-35-45)57-60-56(42-20-8-4-9-21-42)61-58(62-57)55-51-26-14-12-24-49(51)54(41-18-6-3-7-19-41)50-25-13-15-27-52(50)55/h3-4,6-15,18-37H,5,16-17,38-39H2,1-2H3. The van der Waals surface area contributed by atoms with Gasteiger partial charge in [0, 0.05) is 27.4 Å². The van der Waals surface area contributed by atoms with Crippen LogP contribution in [-0.4, -0.2) is 28.3 Å². The SMILES string of the molecule is CP(C)(=O)c1ccc(-c2ccc(C3(c4ccc(-c5nc(-c6ccccc6)nc(-c6c7ccccc7c(-c7ccccc7)c7ccccc67)n5)cc4)CCCCC3)cc2)c2ccccc12. The van der Waals surface area contributed by atoms with Crippen LogP contribution in [0.4, 0.5) is 0 Å². The van der Waals surface area contributed by atoms with Gasteiger partial charge in [0.25, 0.3) is 0 Å². The summed E-state index contributed by atoms with van der Waals surface area (Å²) in [5.74, 6) is 1.96. The molecule has 0 radical (unpaired) electrons. The molecule has 1 aliphatic rings. The van der Waals surface area contributed by atoms with Gasteiger partial charge < -0.3 is 4.57 Å². The number of hydrogen-bond acceptors (Lipinski definition) is 4. The van der Waals surface area contributed by atoms with E-state index < -0.39 is 7.14 Å². The first kappa shape index (κ1) is 39.8. The van der Waals surface area contributed by atoms with Crippen LogP contribution in [-0.2, 0) is 9.98 Å². The van der Waals surface area contributed by atoms with Crippen LogP contribution in [0.25, 0.3) is 88.7 Å². The topological polar surface area (TPSA) is 55.7 Å². The summed E-state index contributed by atoms with van der Waals surface area (Å²) >= 11 is 0. The molecule has 5 heteroatoms. The fourth-order valence-electron chi connectivity index (χ4n) is 10.4. The molecule has 64 heavy (non-hydrogen) atoms. The molecule has 0 atom stereocenters. The Bertz CT molecular complexity index is 3330. The molecule has 0 N–H and O–H groups in total. The van der Waals surface area contributed by atoms with Crippen molar-refractivity contribution in [2.75, 3.05) is 13.3 Å². The molecule has 310 valence electrons. The fourth-order valence-corrected chi connectivity index (χ4v) is 11.6. The Hall–Kier alpha value is -7.00. The van der Waals surface area contributed by atoms with E-state index in [1.165, 1.54) is 52.6 Å². The number of fused-ring (bicyclic) bond motifs is 3. The molecule has 0 bridgehead atoms. The summed E-state index contributed by atoms with van der Waals surface area (Å²) < 4.78 is 13.2. The van der Waals surface area contributed by atoms with Crippen LogP contribution in [0.1, 0.15) is 43.2 Å². The summed E-state index contributed by atoms with van der Waals surface area (Å²) in [6, 6.07) is 69.2. The lowest BCUT2D eigenvalue weighted by atomic mass is 9.65. The minimum Gasteiger partial charge on any atom is -0.319 e. The van der Waals surface area contributed by atoms with Gasteiger partial charge in [-0.1, -0.05) is 213 Å². The molecule has 1 saturated carbocycles. The highest BCUT2D eigenvalue weighted by Gasteiger charge is 2.36. The van der Waals surface area contributed by atoms with E-state index in [0.717, 1.165) is 67.2 Å². The van der Waals surface area contributed by atoms with E-state index in [1.54, 1.807) is 0 Å². The van der Waals surface area contributed by atoms with E-state index in [-0.39, 0.29) is 5.41 Å². The van der Waals surface area contributed by atoms with Gasteiger partial charge in [-0.3, -0.25) is 0 Å². The number of rotatable bonds is 8. The lowest BCUT2D eigenvalue weighted by Gasteiger charge is -2.39. The molecule has 0 aliphatic heterocycles. The zero-order chi connectivity index (χ0) is 43.3. The van der Waals surface area contributed by atoms with Crippen LogP contribution >= 0.6 is 7.14 Å². The van der Waals surface area contributed by atoms with E-state index in [2.05, 4.69) is 170 Å². The average molecular weight is 846 g/mol. The second-order valence-corrected chi connectivity index (χ2v) is 20.9. The van der Waals surface area contributed by atoms with Gasteiger partial charge in [0.05, 0.1) is 0 Å². The van der Waals surface area contributed by atoms with Gasteiger partial charge in [-0.05, 0) is 91.9 Å². The monoisotopic (exact) mass is 845 g/mol. The molecule has 9 aromatic carbocycles. The van der Waals surface area contributed by atoms with Crippen LogP contribution < -0.4 is 5.30 Å². The molecular formula is C59H48N3OP. The molecule has 1 aromatic heterocycles. The lowest BCUT2D eigenvalue weighted by molar-refractivity contribution is 0.346. The van der Waals surface area contributed by atoms with Crippen molar-refractivity contribution in [2.45, 2.75) is 37.5 Å². The lowest BCUT2D eigenvalue weighted by Crippen LogP contribution is -2.30. The minimum absolute atomic E-state index is 0.101. The minimum atomic E-state index is -2.44. The third-order valence-corrected chi connectivity index (χ3v) is 15.1. The Balaban J connectivity index is 1.02. The summed E-state index contributed by atoms with van der Waals surface area (Å²) in [4.78, 5) is 15.8. The Kier molecular flexibility index (Phi) is 10.1. The fraction of sp³-hybridized carbons (Fsp3) is 0.136. The first-order chi connectivity index (χ1) is 31.4. The number of aromatic nitrogens is 3. The molecule has 0 amide bonds. The van der Waals surface area contributed by atoms with E-state index in [1.807, 2.05) is 37.6 Å². The largest absolute Gasteiger partial charge is 0.319 e. The smallest absolute Gasteiger partial charge is 0.165 e. The van der Waals surface area contributed by atoms with Gasteiger partial charge in [0.15, 0.2) is 17.5 Å². The van der Waals surface area contributed by atoms with Crippen molar-refractivity contribution < 1.29 is 4.57 Å². The summed E-state index contributed by atoms with van der Waals surface area (Å²) in [6.45, 7) is 3.72. The summed E-state index contributed by atoms with van der Waals surface area (Å²) in [5, 5.41) is 7.70. The summed E-state index contributed by atoms with van der Waals surface area (Å²) in [5.41, 5.74) is 10.2. The van der Waals surface area contributed by atoms with Gasteiger partial charge in [-0.25, -0.2) is 15.0 Å². The van der Waals surface area contributed by atoms with Gasteiger partial charge in [-0.2, -0.15) is 0 Å². The van der Waals surface area contributed by atoms with Crippen LogP contribution in [0, 0.1) is 0 Å². The van der Waals surface area contributed by atoms with Crippen molar-refractivity contribution >= 4 is 44.8 Å². The van der Waals surface area contributed by atoms with Gasteiger partial charge in [-0.15, -0.1) is 0 Å². The second kappa shape index (κ2) is 16.3. The molecule has 0 spiro atoms. The molecule has 1 fully saturated rings. The van der Waals surface area contributed by atoms with Crippen molar-refractivity contribution in [1.29, 1.82) is 0 Å². The highest BCUT2D eigenvalue weighted by molar-refractivity contribution is 7.70. The highest BCUT2D eigenvalue weighted by atomic mass is 31.2. The molecule has 1 heterocycles. The van der Waals surface area contributed by atoms with Crippen molar-refractivity contribution in [2.24, 2.45) is 0 Å². The second-order valence-electron chi connectivity index (χ2n) is 17.7. The Morgan fingerprint density at radius 1 is 0.375 bits per heavy atom. The maximum absolute atomic E-state index is 13.2. The highest BCUT2D eigenvalue weighted by Crippen LogP contribution is 2.47. The quantitative estimate of drug-likeness (QED) is 0.113.